The smallest absolute Gasteiger partial charge is 0.243 e. The first-order valence-electron chi connectivity index (χ1n) is 10.1. The van der Waals surface area contributed by atoms with Crippen molar-refractivity contribution in [2.24, 2.45) is 0 Å². The molecular formula is C21H32N4O3S2. The van der Waals surface area contributed by atoms with Crippen LogP contribution in [0, 0.1) is 0 Å². The lowest BCUT2D eigenvalue weighted by molar-refractivity contribution is 0.159. The minimum Gasteiger partial charge on any atom is -0.383 e. The first-order chi connectivity index (χ1) is 14.3. The average molecular weight is 453 g/mol. The molecule has 166 valence electrons. The van der Waals surface area contributed by atoms with E-state index < -0.39 is 10.0 Å². The van der Waals surface area contributed by atoms with E-state index in [1.54, 1.807) is 37.1 Å². The highest BCUT2D eigenvalue weighted by atomic mass is 32.2. The summed E-state index contributed by atoms with van der Waals surface area (Å²) in [6.45, 7) is 11.2. The Morgan fingerprint density at radius 3 is 2.57 bits per heavy atom. The second kappa shape index (κ2) is 11.1. The minimum atomic E-state index is -3.55. The zero-order chi connectivity index (χ0) is 22.3. The molecule has 0 amide bonds. The van der Waals surface area contributed by atoms with E-state index in [-0.39, 0.29) is 10.9 Å². The van der Waals surface area contributed by atoms with Crippen molar-refractivity contribution in [1.82, 2.24) is 19.1 Å². The molecule has 2 aromatic rings. The third-order valence-corrected chi connectivity index (χ3v) is 7.57. The monoisotopic (exact) mass is 452 g/mol. The number of rotatable bonds is 11. The molecule has 0 aliphatic rings. The van der Waals surface area contributed by atoms with Crippen LogP contribution in [0.1, 0.15) is 40.7 Å². The van der Waals surface area contributed by atoms with Crippen LogP contribution < -0.4 is 0 Å². The summed E-state index contributed by atoms with van der Waals surface area (Å²) in [6, 6.07) is 6.92. The summed E-state index contributed by atoms with van der Waals surface area (Å²) in [5.41, 5.74) is 1.96. The van der Waals surface area contributed by atoms with E-state index in [0.29, 0.717) is 31.1 Å². The number of hydrogen-bond acceptors (Lipinski definition) is 6. The Morgan fingerprint density at radius 1 is 1.27 bits per heavy atom. The number of ether oxygens (including phenoxy) is 1. The summed E-state index contributed by atoms with van der Waals surface area (Å²) in [4.78, 5) is 0.261. The first-order valence-corrected chi connectivity index (χ1v) is 12.5. The standard InChI is InChI=1S/C21H32N4O3S2/c1-7-24(8-2)30(26,27)19-11-9-10-18(14-19)20-22-23-21(29-13-12-16(3)4)25(20)17(5)15-28-6/h9-12,14,17H,7-8,13,15H2,1-6H3/t17-/m1/s1. The van der Waals surface area contributed by atoms with Gasteiger partial charge in [-0.2, -0.15) is 4.31 Å². The van der Waals surface area contributed by atoms with Crippen molar-refractivity contribution in [1.29, 1.82) is 0 Å². The SMILES string of the molecule is CCN(CC)S(=O)(=O)c1cccc(-c2nnc(SCC=C(C)C)n2[C@H](C)COC)c1. The summed E-state index contributed by atoms with van der Waals surface area (Å²) in [5.74, 6) is 1.42. The Labute approximate surface area is 184 Å². The summed E-state index contributed by atoms with van der Waals surface area (Å²) in [6.07, 6.45) is 2.14. The fourth-order valence-corrected chi connectivity index (χ4v) is 5.65. The van der Waals surface area contributed by atoms with Crippen LogP contribution >= 0.6 is 11.8 Å². The van der Waals surface area contributed by atoms with Crippen molar-refractivity contribution >= 4 is 21.8 Å². The molecule has 1 atom stereocenters. The molecule has 0 unspecified atom stereocenters. The van der Waals surface area contributed by atoms with Gasteiger partial charge in [-0.1, -0.05) is 49.4 Å². The first kappa shape index (κ1) is 24.6. The molecule has 30 heavy (non-hydrogen) atoms. The molecule has 0 fully saturated rings. The number of allylic oxidation sites excluding steroid dienone is 1. The van der Waals surface area contributed by atoms with Crippen LogP contribution in [0.3, 0.4) is 0 Å². The van der Waals surface area contributed by atoms with Gasteiger partial charge in [0.1, 0.15) is 0 Å². The number of benzene rings is 1. The van der Waals surface area contributed by atoms with Crippen LogP contribution in [-0.2, 0) is 14.8 Å². The molecule has 2 rings (SSSR count). The maximum atomic E-state index is 13.0. The topological polar surface area (TPSA) is 77.3 Å². The van der Waals surface area contributed by atoms with Gasteiger partial charge in [0.15, 0.2) is 11.0 Å². The Morgan fingerprint density at radius 2 is 1.97 bits per heavy atom. The minimum absolute atomic E-state index is 0.00255. The third kappa shape index (κ3) is 5.72. The van der Waals surface area contributed by atoms with Crippen molar-refractivity contribution in [3.8, 4) is 11.4 Å². The highest BCUT2D eigenvalue weighted by Crippen LogP contribution is 2.30. The van der Waals surface area contributed by atoms with Crippen molar-refractivity contribution in [3.63, 3.8) is 0 Å². The summed E-state index contributed by atoms with van der Waals surface area (Å²) in [5, 5.41) is 9.57. The van der Waals surface area contributed by atoms with Crippen molar-refractivity contribution in [3.05, 3.63) is 35.9 Å². The zero-order valence-corrected chi connectivity index (χ0v) is 20.3. The number of hydrogen-bond donors (Lipinski definition) is 0. The molecule has 7 nitrogen and oxygen atoms in total. The molecule has 1 heterocycles. The van der Waals surface area contributed by atoms with Gasteiger partial charge in [0, 0.05) is 31.5 Å². The fourth-order valence-electron chi connectivity index (χ4n) is 3.08. The zero-order valence-electron chi connectivity index (χ0n) is 18.6. The average Bonchev–Trinajstić information content (AvgIpc) is 3.13. The van der Waals surface area contributed by atoms with E-state index in [0.717, 1.165) is 10.9 Å². The van der Waals surface area contributed by atoms with Crippen LogP contribution in [-0.4, -0.2) is 60.0 Å². The molecule has 0 spiro atoms. The Hall–Kier alpha value is -1.68. The molecule has 0 saturated heterocycles. The van der Waals surface area contributed by atoms with Crippen molar-refractivity contribution in [2.75, 3.05) is 32.6 Å². The van der Waals surface area contributed by atoms with Crippen molar-refractivity contribution < 1.29 is 13.2 Å². The lowest BCUT2D eigenvalue weighted by Crippen LogP contribution is -2.30. The van der Waals surface area contributed by atoms with E-state index in [2.05, 4.69) is 30.1 Å². The normalized spacial score (nSPS) is 12.9. The molecule has 0 radical (unpaired) electrons. The van der Waals surface area contributed by atoms with Gasteiger partial charge in [-0.25, -0.2) is 8.42 Å². The number of sulfonamides is 1. The lowest BCUT2D eigenvalue weighted by atomic mass is 10.2. The summed E-state index contributed by atoms with van der Waals surface area (Å²) < 4.78 is 34.8. The highest BCUT2D eigenvalue weighted by molar-refractivity contribution is 7.99. The Bertz CT molecular complexity index is 962. The quantitative estimate of drug-likeness (QED) is 0.375. The van der Waals surface area contributed by atoms with Crippen LogP contribution in [0.5, 0.6) is 0 Å². The number of nitrogens with zero attached hydrogens (tertiary/aromatic N) is 4. The molecule has 0 bridgehead atoms. The maximum Gasteiger partial charge on any atom is 0.243 e. The molecule has 1 aromatic heterocycles. The van der Waals surface area contributed by atoms with Gasteiger partial charge in [0.2, 0.25) is 10.0 Å². The predicted molar refractivity (Wildman–Crippen MR) is 122 cm³/mol. The fraction of sp³-hybridized carbons (Fsp3) is 0.524. The summed E-state index contributed by atoms with van der Waals surface area (Å²) in [7, 11) is -1.89. The van der Waals surface area contributed by atoms with Gasteiger partial charge in [0.05, 0.1) is 17.5 Å². The van der Waals surface area contributed by atoms with E-state index >= 15 is 0 Å². The second-order valence-corrected chi connectivity index (χ2v) is 10.1. The Balaban J connectivity index is 2.50. The van der Waals surface area contributed by atoms with Crippen LogP contribution in [0.2, 0.25) is 0 Å². The van der Waals surface area contributed by atoms with Gasteiger partial charge >= 0.3 is 0 Å². The summed E-state index contributed by atoms with van der Waals surface area (Å²) >= 11 is 1.60. The molecule has 0 N–H and O–H groups in total. The second-order valence-electron chi connectivity index (χ2n) is 7.19. The Kier molecular flexibility index (Phi) is 9.09. The van der Waals surface area contributed by atoms with Gasteiger partial charge in [-0.15, -0.1) is 10.2 Å². The van der Waals surface area contributed by atoms with E-state index in [1.807, 2.05) is 31.4 Å². The van der Waals surface area contributed by atoms with Gasteiger partial charge in [0.25, 0.3) is 0 Å². The van der Waals surface area contributed by atoms with Crippen LogP contribution in [0.4, 0.5) is 0 Å². The number of thioether (sulfide) groups is 1. The molecule has 9 heteroatoms. The number of methoxy groups -OCH3 is 1. The van der Waals surface area contributed by atoms with Crippen LogP contribution in [0.15, 0.2) is 46.0 Å². The maximum absolute atomic E-state index is 13.0. The van der Waals surface area contributed by atoms with E-state index in [9.17, 15) is 8.42 Å². The molecule has 0 saturated carbocycles. The largest absolute Gasteiger partial charge is 0.383 e. The van der Waals surface area contributed by atoms with Gasteiger partial charge in [-0.05, 0) is 32.9 Å². The lowest BCUT2D eigenvalue weighted by Gasteiger charge is -2.19. The molecule has 0 aliphatic heterocycles. The predicted octanol–water partition coefficient (Wildman–Crippen LogP) is 4.24. The highest BCUT2D eigenvalue weighted by Gasteiger charge is 2.24. The molecule has 0 aliphatic carbocycles. The van der Waals surface area contributed by atoms with E-state index in [4.69, 9.17) is 4.74 Å². The van der Waals surface area contributed by atoms with Gasteiger partial charge in [-0.3, -0.25) is 4.57 Å². The van der Waals surface area contributed by atoms with Gasteiger partial charge < -0.3 is 4.74 Å². The van der Waals surface area contributed by atoms with Crippen LogP contribution in [0.25, 0.3) is 11.4 Å². The molecular weight excluding hydrogens is 420 g/mol. The molecule has 1 aromatic carbocycles. The van der Waals surface area contributed by atoms with E-state index in [1.165, 1.54) is 9.88 Å². The third-order valence-electron chi connectivity index (χ3n) is 4.65. The number of aromatic nitrogens is 3. The van der Waals surface area contributed by atoms with Crippen molar-refractivity contribution in [2.45, 2.75) is 50.7 Å².